The molecule has 15 heavy (non-hydrogen) atoms. The number of aliphatic hydroxyl groups excluding tert-OH is 1. The third kappa shape index (κ3) is 3.55. The Bertz CT molecular complexity index is 332. The quantitative estimate of drug-likeness (QED) is 0.886. The number of nitrogens with one attached hydrogen (secondary N) is 1. The van der Waals surface area contributed by atoms with E-state index in [4.69, 9.17) is 5.11 Å². The van der Waals surface area contributed by atoms with Crippen LogP contribution < -0.4 is 5.32 Å². The van der Waals surface area contributed by atoms with Gasteiger partial charge in [-0.15, -0.1) is 0 Å². The fourth-order valence-electron chi connectivity index (χ4n) is 1.42. The van der Waals surface area contributed by atoms with Crippen LogP contribution in [0.3, 0.4) is 0 Å². The summed E-state index contributed by atoms with van der Waals surface area (Å²) in [4.78, 5) is 0. The lowest BCUT2D eigenvalue weighted by atomic mass is 10.1. The first kappa shape index (κ1) is 12.6. The van der Waals surface area contributed by atoms with Crippen molar-refractivity contribution in [2.24, 2.45) is 0 Å². The predicted octanol–water partition coefficient (Wildman–Crippen LogP) is 2.62. The molecule has 2 atom stereocenters. The maximum Gasteiger partial charge on any atom is 0.128 e. The molecule has 0 aliphatic carbocycles. The van der Waals surface area contributed by atoms with Crippen LogP contribution in [0.1, 0.15) is 25.5 Å². The van der Waals surface area contributed by atoms with Crippen molar-refractivity contribution in [3.63, 3.8) is 0 Å². The maximum atomic E-state index is 13.5. The normalized spacial score (nSPS) is 15.0. The lowest BCUT2D eigenvalue weighted by Gasteiger charge is -2.19. The fourth-order valence-corrected chi connectivity index (χ4v) is 1.79. The second-order valence-corrected chi connectivity index (χ2v) is 4.55. The zero-order chi connectivity index (χ0) is 11.4. The van der Waals surface area contributed by atoms with Gasteiger partial charge in [0.25, 0.3) is 0 Å². The number of benzene rings is 1. The topological polar surface area (TPSA) is 32.3 Å². The van der Waals surface area contributed by atoms with Gasteiger partial charge in [-0.3, -0.25) is 0 Å². The molecule has 0 bridgehead atoms. The highest BCUT2D eigenvalue weighted by atomic mass is 79.9. The molecule has 2 N–H and O–H groups in total. The van der Waals surface area contributed by atoms with Crippen molar-refractivity contribution in [3.8, 4) is 0 Å². The van der Waals surface area contributed by atoms with Gasteiger partial charge in [0.1, 0.15) is 5.82 Å². The summed E-state index contributed by atoms with van der Waals surface area (Å²) < 4.78 is 14.3. The molecule has 2 nitrogen and oxygen atoms in total. The minimum absolute atomic E-state index is 0.0416. The first-order valence-electron chi connectivity index (χ1n) is 4.86. The molecule has 1 rings (SSSR count). The molecule has 4 heteroatoms. The van der Waals surface area contributed by atoms with Gasteiger partial charge in [0.15, 0.2) is 0 Å². The first-order valence-corrected chi connectivity index (χ1v) is 5.65. The van der Waals surface area contributed by atoms with E-state index in [1.54, 1.807) is 12.1 Å². The highest BCUT2D eigenvalue weighted by Crippen LogP contribution is 2.21. The molecular weight excluding hydrogens is 261 g/mol. The van der Waals surface area contributed by atoms with E-state index >= 15 is 0 Å². The van der Waals surface area contributed by atoms with Crippen LogP contribution >= 0.6 is 15.9 Å². The van der Waals surface area contributed by atoms with E-state index in [0.717, 1.165) is 4.47 Å². The second-order valence-electron chi connectivity index (χ2n) is 3.64. The Morgan fingerprint density at radius 2 is 2.13 bits per heavy atom. The molecular formula is C11H15BrFNO. The standard InChI is InChI=1S/C11H15BrFNO/c1-7(6-15)14-8(2)10-5-9(12)3-4-11(10)13/h3-5,7-8,14-15H,6H2,1-2H3/t7-,8?/m1/s1. The van der Waals surface area contributed by atoms with E-state index in [1.165, 1.54) is 6.07 Å². The average molecular weight is 276 g/mol. The third-order valence-electron chi connectivity index (χ3n) is 2.23. The van der Waals surface area contributed by atoms with Crippen LogP contribution in [0.2, 0.25) is 0 Å². The van der Waals surface area contributed by atoms with Crippen LogP contribution in [0.25, 0.3) is 0 Å². The molecule has 1 aromatic rings. The Hall–Kier alpha value is -0.450. The zero-order valence-corrected chi connectivity index (χ0v) is 10.4. The monoisotopic (exact) mass is 275 g/mol. The molecule has 0 saturated carbocycles. The Balaban J connectivity index is 2.80. The van der Waals surface area contributed by atoms with Crippen LogP contribution in [-0.4, -0.2) is 17.8 Å². The Morgan fingerprint density at radius 3 is 2.73 bits per heavy atom. The summed E-state index contributed by atoms with van der Waals surface area (Å²) in [6.07, 6.45) is 0. The number of hydrogen-bond donors (Lipinski definition) is 2. The maximum absolute atomic E-state index is 13.5. The summed E-state index contributed by atoms with van der Waals surface area (Å²) >= 11 is 3.30. The van der Waals surface area contributed by atoms with Gasteiger partial charge in [0.2, 0.25) is 0 Å². The second kappa shape index (κ2) is 5.58. The molecule has 84 valence electrons. The molecule has 1 unspecified atom stereocenters. The van der Waals surface area contributed by atoms with E-state index in [9.17, 15) is 4.39 Å². The lowest BCUT2D eigenvalue weighted by Crippen LogP contribution is -2.32. The van der Waals surface area contributed by atoms with Crippen LogP contribution in [0, 0.1) is 5.82 Å². The molecule has 0 fully saturated rings. The van der Waals surface area contributed by atoms with Gasteiger partial charge in [0.05, 0.1) is 6.61 Å². The van der Waals surface area contributed by atoms with E-state index in [0.29, 0.717) is 5.56 Å². The highest BCUT2D eigenvalue weighted by molar-refractivity contribution is 9.10. The molecule has 0 saturated heterocycles. The summed E-state index contributed by atoms with van der Waals surface area (Å²) in [6, 6.07) is 4.68. The average Bonchev–Trinajstić information content (AvgIpc) is 2.21. The number of rotatable bonds is 4. The van der Waals surface area contributed by atoms with E-state index in [-0.39, 0.29) is 24.5 Å². The van der Waals surface area contributed by atoms with Crippen molar-refractivity contribution in [2.75, 3.05) is 6.61 Å². The zero-order valence-electron chi connectivity index (χ0n) is 8.80. The molecule has 0 aliphatic rings. The smallest absolute Gasteiger partial charge is 0.128 e. The summed E-state index contributed by atoms with van der Waals surface area (Å²) in [7, 11) is 0. The van der Waals surface area contributed by atoms with Crippen LogP contribution in [0.5, 0.6) is 0 Å². The van der Waals surface area contributed by atoms with Gasteiger partial charge >= 0.3 is 0 Å². The van der Waals surface area contributed by atoms with Gasteiger partial charge in [-0.2, -0.15) is 0 Å². The van der Waals surface area contributed by atoms with Crippen molar-refractivity contribution in [1.29, 1.82) is 0 Å². The predicted molar refractivity (Wildman–Crippen MR) is 62.2 cm³/mol. The fraction of sp³-hybridized carbons (Fsp3) is 0.455. The van der Waals surface area contributed by atoms with Crippen molar-refractivity contribution < 1.29 is 9.50 Å². The molecule has 0 amide bonds. The van der Waals surface area contributed by atoms with Gasteiger partial charge < -0.3 is 10.4 Å². The van der Waals surface area contributed by atoms with Crippen LogP contribution in [-0.2, 0) is 0 Å². The largest absolute Gasteiger partial charge is 0.395 e. The SMILES string of the molecule is CC(N[C@H](C)CO)c1cc(Br)ccc1F. The van der Waals surface area contributed by atoms with E-state index in [2.05, 4.69) is 21.2 Å². The molecule has 0 aliphatic heterocycles. The van der Waals surface area contributed by atoms with Gasteiger partial charge in [-0.1, -0.05) is 15.9 Å². The van der Waals surface area contributed by atoms with Gasteiger partial charge in [-0.25, -0.2) is 4.39 Å². The number of halogens is 2. The Morgan fingerprint density at radius 1 is 1.47 bits per heavy atom. The summed E-state index contributed by atoms with van der Waals surface area (Å²) in [5, 5.41) is 12.0. The van der Waals surface area contributed by atoms with Gasteiger partial charge in [0, 0.05) is 22.1 Å². The van der Waals surface area contributed by atoms with Crippen molar-refractivity contribution in [3.05, 3.63) is 34.1 Å². The minimum atomic E-state index is -0.233. The molecule has 0 aromatic heterocycles. The summed E-state index contributed by atoms with van der Waals surface area (Å²) in [5.41, 5.74) is 0.602. The molecule has 0 heterocycles. The number of hydrogen-bond acceptors (Lipinski definition) is 2. The van der Waals surface area contributed by atoms with Crippen LogP contribution in [0.4, 0.5) is 4.39 Å². The van der Waals surface area contributed by atoms with E-state index in [1.807, 2.05) is 13.8 Å². The van der Waals surface area contributed by atoms with Crippen molar-refractivity contribution in [2.45, 2.75) is 25.9 Å². The Kier molecular flexibility index (Phi) is 4.70. The third-order valence-corrected chi connectivity index (χ3v) is 2.73. The molecule has 1 aromatic carbocycles. The lowest BCUT2D eigenvalue weighted by molar-refractivity contribution is 0.242. The number of aliphatic hydroxyl groups is 1. The first-order chi connectivity index (χ1) is 7.04. The van der Waals surface area contributed by atoms with Crippen molar-refractivity contribution in [1.82, 2.24) is 5.32 Å². The highest BCUT2D eigenvalue weighted by Gasteiger charge is 2.13. The minimum Gasteiger partial charge on any atom is -0.395 e. The van der Waals surface area contributed by atoms with Crippen LogP contribution in [0.15, 0.2) is 22.7 Å². The van der Waals surface area contributed by atoms with Gasteiger partial charge in [-0.05, 0) is 32.0 Å². The van der Waals surface area contributed by atoms with Crippen molar-refractivity contribution >= 4 is 15.9 Å². The summed E-state index contributed by atoms with van der Waals surface area (Å²) in [6.45, 7) is 3.77. The summed E-state index contributed by atoms with van der Waals surface area (Å²) in [5.74, 6) is -0.233. The Labute approximate surface area is 97.6 Å². The molecule has 0 radical (unpaired) electrons. The molecule has 0 spiro atoms. The van der Waals surface area contributed by atoms with E-state index < -0.39 is 0 Å².